The zero-order chi connectivity index (χ0) is 22.4. The van der Waals surface area contributed by atoms with Gasteiger partial charge >= 0.3 is 0 Å². The van der Waals surface area contributed by atoms with Gasteiger partial charge < -0.3 is 15.0 Å². The average Bonchev–Trinajstić information content (AvgIpc) is 2.91. The molecule has 2 atom stereocenters. The van der Waals surface area contributed by atoms with Crippen LogP contribution in [0.5, 0.6) is 0 Å². The van der Waals surface area contributed by atoms with Gasteiger partial charge in [-0.15, -0.1) is 0 Å². The highest BCUT2D eigenvalue weighted by Gasteiger charge is 2.32. The summed E-state index contributed by atoms with van der Waals surface area (Å²) in [4.78, 5) is 12.5. The van der Waals surface area contributed by atoms with Crippen LogP contribution in [0.25, 0.3) is 6.08 Å². The van der Waals surface area contributed by atoms with Crippen LogP contribution in [0.4, 0.5) is 23.2 Å². The van der Waals surface area contributed by atoms with Crippen molar-refractivity contribution in [3.8, 4) is 0 Å². The summed E-state index contributed by atoms with van der Waals surface area (Å²) in [5.74, 6) is -4.09. The quantitative estimate of drug-likeness (QED) is 0.627. The Morgan fingerprint density at radius 2 is 1.97 bits per heavy atom. The maximum atomic E-state index is 14.3. The van der Waals surface area contributed by atoms with E-state index in [-0.39, 0.29) is 16.2 Å². The summed E-state index contributed by atoms with van der Waals surface area (Å²) in [5, 5.41) is 11.8. The van der Waals surface area contributed by atoms with E-state index in [1.807, 2.05) is 0 Å². The first kappa shape index (κ1) is 22.0. The second kappa shape index (κ2) is 7.85. The zero-order valence-electron chi connectivity index (χ0n) is 15.7. The maximum Gasteiger partial charge on any atom is 0.273 e. The molecule has 0 bridgehead atoms. The minimum Gasteiger partial charge on any atom is -0.391 e. The zero-order valence-corrected chi connectivity index (χ0v) is 16.5. The lowest BCUT2D eigenvalue weighted by molar-refractivity contribution is 0.101. The Bertz CT molecular complexity index is 1140. The smallest absolute Gasteiger partial charge is 0.273 e. The predicted molar refractivity (Wildman–Crippen MR) is 99.5 cm³/mol. The Kier molecular flexibility index (Phi) is 5.76. The van der Waals surface area contributed by atoms with Gasteiger partial charge in [-0.2, -0.15) is 0 Å². The molecule has 2 heterocycles. The number of nitrogens with zero attached hydrogens (tertiary/aromatic N) is 1. The fourth-order valence-corrected chi connectivity index (χ4v) is 4.57. The van der Waals surface area contributed by atoms with Crippen LogP contribution in [0.2, 0.25) is 0 Å². The number of hydrogen-bond donors (Lipinski definition) is 3. The van der Waals surface area contributed by atoms with E-state index in [1.165, 1.54) is 30.7 Å². The normalized spacial score (nSPS) is 18.7. The lowest BCUT2D eigenvalue weighted by Crippen LogP contribution is -2.39. The molecule has 0 fully saturated rings. The molecule has 1 aromatic heterocycles. The second-order valence-electron chi connectivity index (χ2n) is 6.69. The van der Waals surface area contributed by atoms with Gasteiger partial charge in [-0.05, 0) is 19.1 Å². The Morgan fingerprint density at radius 3 is 2.57 bits per heavy atom. The number of hydrogen-bond acceptors (Lipinski definition) is 4. The Morgan fingerprint density at radius 1 is 1.30 bits per heavy atom. The van der Waals surface area contributed by atoms with Gasteiger partial charge in [0.1, 0.15) is 16.4 Å². The van der Waals surface area contributed by atoms with Crippen LogP contribution in [-0.2, 0) is 17.1 Å². The molecule has 162 valence electrons. The molecule has 1 aliphatic rings. The summed E-state index contributed by atoms with van der Waals surface area (Å²) in [6, 6.07) is 0.424. The van der Waals surface area contributed by atoms with E-state index in [9.17, 15) is 35.9 Å². The number of benzene rings is 1. The number of anilines is 1. The summed E-state index contributed by atoms with van der Waals surface area (Å²) in [6.45, 7) is 1.37. The van der Waals surface area contributed by atoms with Gasteiger partial charge in [0.15, 0.2) is 5.82 Å². The third-order valence-corrected chi connectivity index (χ3v) is 6.05. The molecule has 12 heteroatoms. The summed E-state index contributed by atoms with van der Waals surface area (Å²) >= 11 is 0. The highest BCUT2D eigenvalue weighted by atomic mass is 32.2. The van der Waals surface area contributed by atoms with Gasteiger partial charge in [0.2, 0.25) is 10.0 Å². The third kappa shape index (κ3) is 3.85. The van der Waals surface area contributed by atoms with Crippen molar-refractivity contribution in [1.82, 2.24) is 9.29 Å². The summed E-state index contributed by atoms with van der Waals surface area (Å²) in [6.07, 6.45) is -0.701. The predicted octanol–water partition coefficient (Wildman–Crippen LogP) is 2.55. The van der Waals surface area contributed by atoms with Gasteiger partial charge in [0.25, 0.3) is 12.3 Å². The Labute approximate surface area is 169 Å². The first-order valence-corrected chi connectivity index (χ1v) is 10.1. The molecule has 0 radical (unpaired) electrons. The minimum absolute atomic E-state index is 0.0396. The molecule has 1 aromatic carbocycles. The van der Waals surface area contributed by atoms with Crippen molar-refractivity contribution in [3.63, 3.8) is 0 Å². The van der Waals surface area contributed by atoms with Crippen LogP contribution in [0.1, 0.15) is 35.0 Å². The number of carbonyl (C=O) groups is 1. The summed E-state index contributed by atoms with van der Waals surface area (Å²) in [5.41, 5.74) is -2.42. The number of nitrogens with one attached hydrogen (secondary N) is 2. The van der Waals surface area contributed by atoms with E-state index in [2.05, 4.69) is 10.0 Å². The number of sulfonamides is 1. The fraction of sp³-hybridized carbons (Fsp3) is 0.278. The van der Waals surface area contributed by atoms with Gasteiger partial charge in [-0.3, -0.25) is 4.79 Å². The number of aryl methyl sites for hydroxylation is 1. The Hall–Kier alpha value is -2.70. The van der Waals surface area contributed by atoms with Crippen LogP contribution in [0.3, 0.4) is 0 Å². The van der Waals surface area contributed by atoms with Crippen molar-refractivity contribution in [1.29, 1.82) is 0 Å². The van der Waals surface area contributed by atoms with E-state index in [1.54, 1.807) is 0 Å². The van der Waals surface area contributed by atoms with Crippen molar-refractivity contribution in [3.05, 3.63) is 52.9 Å². The van der Waals surface area contributed by atoms with Crippen molar-refractivity contribution >= 4 is 27.7 Å². The number of aliphatic hydroxyl groups is 1. The summed E-state index contributed by atoms with van der Waals surface area (Å²) < 4.78 is 82.1. The molecule has 0 spiro atoms. The molecule has 1 amide bonds. The van der Waals surface area contributed by atoms with E-state index in [0.29, 0.717) is 6.07 Å². The maximum absolute atomic E-state index is 14.3. The first-order chi connectivity index (χ1) is 13.9. The number of halogens is 4. The van der Waals surface area contributed by atoms with Crippen molar-refractivity contribution in [2.75, 3.05) is 5.32 Å². The first-order valence-electron chi connectivity index (χ1n) is 8.59. The second-order valence-corrected chi connectivity index (χ2v) is 8.37. The lowest BCUT2D eigenvalue weighted by Gasteiger charge is -2.15. The number of aliphatic hydroxyl groups excluding tert-OH is 1. The number of aromatic nitrogens is 1. The van der Waals surface area contributed by atoms with Crippen LogP contribution in [0.15, 0.2) is 29.3 Å². The van der Waals surface area contributed by atoms with Gasteiger partial charge in [-0.25, -0.2) is 30.7 Å². The molecular formula is C18H17F4N3O4S. The van der Waals surface area contributed by atoms with Crippen molar-refractivity contribution in [2.24, 2.45) is 7.05 Å². The molecule has 30 heavy (non-hydrogen) atoms. The molecule has 0 saturated heterocycles. The van der Waals surface area contributed by atoms with Crippen LogP contribution < -0.4 is 10.0 Å². The molecule has 2 aromatic rings. The highest BCUT2D eigenvalue weighted by molar-refractivity contribution is 7.89. The average molecular weight is 447 g/mol. The molecule has 0 unspecified atom stereocenters. The van der Waals surface area contributed by atoms with Crippen LogP contribution in [-0.4, -0.2) is 36.1 Å². The number of alkyl halides is 2. The molecule has 1 aliphatic heterocycles. The highest BCUT2D eigenvalue weighted by Crippen LogP contribution is 2.31. The molecule has 3 rings (SSSR count). The van der Waals surface area contributed by atoms with Crippen molar-refractivity contribution in [2.45, 2.75) is 30.4 Å². The minimum atomic E-state index is -4.11. The number of carbonyl (C=O) groups excluding carboxylic acids is 1. The van der Waals surface area contributed by atoms with Gasteiger partial charge in [0, 0.05) is 18.8 Å². The topological polar surface area (TPSA) is 100 Å². The molecule has 0 saturated carbocycles. The monoisotopic (exact) mass is 447 g/mol. The Balaban J connectivity index is 2.05. The molecule has 0 aliphatic carbocycles. The third-order valence-electron chi connectivity index (χ3n) is 4.56. The van der Waals surface area contributed by atoms with Crippen molar-refractivity contribution < 1.29 is 35.9 Å². The molecule has 3 N–H and O–H groups in total. The molecular weight excluding hydrogens is 430 g/mol. The molecule has 7 nitrogen and oxygen atoms in total. The summed E-state index contributed by atoms with van der Waals surface area (Å²) in [7, 11) is -2.74. The van der Waals surface area contributed by atoms with E-state index >= 15 is 0 Å². The van der Waals surface area contributed by atoms with Crippen LogP contribution >= 0.6 is 0 Å². The number of amides is 1. The standard InChI is InChI=1S/C18H17F4N3O4S/c1-8(26)11-5-3-9-13(30(28,29)24-11)7-25(2)16(9)18(27)23-12-6-4-10(19)14(15(12)20)17(21)22/h3-8,11,17,24,26H,1-2H3,(H,23,27)/t8-,11+/m0/s1. The van der Waals surface area contributed by atoms with Gasteiger partial charge in [-0.1, -0.05) is 12.2 Å². The fourth-order valence-electron chi connectivity index (χ4n) is 3.06. The number of fused-ring (bicyclic) bond motifs is 1. The van der Waals surface area contributed by atoms with Crippen LogP contribution in [0, 0.1) is 11.6 Å². The number of rotatable bonds is 4. The SMILES string of the molecule is C[C@H](O)[C@H]1C=Cc2c(cn(C)c2C(=O)Nc2ccc(F)c(C(F)F)c2F)S(=O)(=O)N1. The van der Waals surface area contributed by atoms with Gasteiger partial charge in [0.05, 0.1) is 23.4 Å². The van der Waals surface area contributed by atoms with E-state index in [0.717, 1.165) is 12.3 Å². The van der Waals surface area contributed by atoms with E-state index < -0.39 is 57.4 Å². The largest absolute Gasteiger partial charge is 0.391 e. The van der Waals surface area contributed by atoms with E-state index in [4.69, 9.17) is 0 Å². The lowest BCUT2D eigenvalue weighted by atomic mass is 10.1.